The minimum absolute atomic E-state index is 0.0581. The fourth-order valence-electron chi connectivity index (χ4n) is 1.66. The van der Waals surface area contributed by atoms with Crippen LogP contribution in [0.25, 0.3) is 0 Å². The van der Waals surface area contributed by atoms with Gasteiger partial charge in [-0.3, -0.25) is 4.79 Å². The van der Waals surface area contributed by atoms with Gasteiger partial charge in [0.25, 0.3) is 0 Å². The largest absolute Gasteiger partial charge is 0.399 e. The molecule has 0 unspecified atom stereocenters. The number of benzene rings is 1. The van der Waals surface area contributed by atoms with E-state index in [-0.39, 0.29) is 5.91 Å². The summed E-state index contributed by atoms with van der Waals surface area (Å²) in [5, 5.41) is 2.75. The molecule has 0 saturated carbocycles. The topological polar surface area (TPSA) is 68.0 Å². The Morgan fingerprint density at radius 1 is 1.32 bits per heavy atom. The Morgan fingerprint density at radius 3 is 2.84 bits per heavy atom. The molecule has 0 spiro atoms. The van der Waals surface area contributed by atoms with Crippen LogP contribution in [0.5, 0.6) is 0 Å². The van der Waals surface area contributed by atoms with Crippen molar-refractivity contribution in [3.8, 4) is 0 Å². The Kier molecular flexibility index (Phi) is 4.52. The van der Waals surface area contributed by atoms with E-state index >= 15 is 0 Å². The van der Waals surface area contributed by atoms with E-state index in [2.05, 4.69) is 26.2 Å². The molecule has 0 aliphatic carbocycles. The quantitative estimate of drug-likeness (QED) is 0.851. The lowest BCUT2D eigenvalue weighted by molar-refractivity contribution is -0.116. The Balaban J connectivity index is 1.86. The van der Waals surface area contributed by atoms with E-state index in [0.29, 0.717) is 24.3 Å². The van der Waals surface area contributed by atoms with Gasteiger partial charge in [0.1, 0.15) is 5.82 Å². The van der Waals surface area contributed by atoms with Crippen molar-refractivity contribution in [2.24, 2.45) is 0 Å². The van der Waals surface area contributed by atoms with Gasteiger partial charge < -0.3 is 11.1 Å². The summed E-state index contributed by atoms with van der Waals surface area (Å²) in [5.41, 5.74) is 7.46. The van der Waals surface area contributed by atoms with E-state index in [4.69, 9.17) is 5.73 Å². The highest BCUT2D eigenvalue weighted by molar-refractivity contribution is 9.10. The summed E-state index contributed by atoms with van der Waals surface area (Å²) in [6.45, 7) is 0. The molecule has 0 aliphatic rings. The van der Waals surface area contributed by atoms with Crippen LogP contribution in [0.1, 0.15) is 12.0 Å². The van der Waals surface area contributed by atoms with E-state index in [1.807, 2.05) is 30.3 Å². The van der Waals surface area contributed by atoms with Crippen molar-refractivity contribution in [3.63, 3.8) is 0 Å². The second kappa shape index (κ2) is 6.33. The molecular weight excluding hydrogens is 306 g/mol. The van der Waals surface area contributed by atoms with Crippen LogP contribution in [0.15, 0.2) is 47.1 Å². The number of halogens is 1. The SMILES string of the molecule is Nc1cccc(CCC(=O)Nc2ccc(Br)cn2)c1. The van der Waals surface area contributed by atoms with Gasteiger partial charge >= 0.3 is 0 Å². The lowest BCUT2D eigenvalue weighted by Crippen LogP contribution is -2.13. The molecule has 0 fully saturated rings. The third-order valence-corrected chi connectivity index (χ3v) is 3.06. The van der Waals surface area contributed by atoms with E-state index in [1.54, 1.807) is 12.3 Å². The van der Waals surface area contributed by atoms with Gasteiger partial charge in [-0.05, 0) is 52.2 Å². The maximum Gasteiger partial charge on any atom is 0.225 e. The zero-order valence-electron chi connectivity index (χ0n) is 10.3. The number of carbonyl (C=O) groups is 1. The van der Waals surface area contributed by atoms with Crippen LogP contribution in [-0.2, 0) is 11.2 Å². The number of aryl methyl sites for hydroxylation is 1. The molecular formula is C14H14BrN3O. The molecule has 0 aliphatic heterocycles. The Labute approximate surface area is 120 Å². The van der Waals surface area contributed by atoms with Crippen molar-refractivity contribution in [1.29, 1.82) is 0 Å². The van der Waals surface area contributed by atoms with E-state index in [1.165, 1.54) is 0 Å². The van der Waals surface area contributed by atoms with Crippen LogP contribution < -0.4 is 11.1 Å². The van der Waals surface area contributed by atoms with Gasteiger partial charge in [-0.15, -0.1) is 0 Å². The number of anilines is 2. The summed E-state index contributed by atoms with van der Waals surface area (Å²) in [6.07, 6.45) is 2.71. The van der Waals surface area contributed by atoms with Crippen LogP contribution in [0.4, 0.5) is 11.5 Å². The minimum atomic E-state index is -0.0581. The summed E-state index contributed by atoms with van der Waals surface area (Å²) < 4.78 is 0.880. The molecule has 0 radical (unpaired) electrons. The number of carbonyl (C=O) groups excluding carboxylic acids is 1. The number of nitrogens with zero attached hydrogens (tertiary/aromatic N) is 1. The number of nitrogen functional groups attached to an aromatic ring is 1. The number of hydrogen-bond donors (Lipinski definition) is 2. The lowest BCUT2D eigenvalue weighted by Gasteiger charge is -2.05. The number of hydrogen-bond acceptors (Lipinski definition) is 3. The molecule has 0 bridgehead atoms. The molecule has 0 atom stereocenters. The molecule has 1 heterocycles. The second-order valence-electron chi connectivity index (χ2n) is 4.15. The van der Waals surface area contributed by atoms with Gasteiger partial charge in [-0.2, -0.15) is 0 Å². The van der Waals surface area contributed by atoms with Gasteiger partial charge in [0.05, 0.1) is 0 Å². The van der Waals surface area contributed by atoms with Gasteiger partial charge in [-0.25, -0.2) is 4.98 Å². The van der Waals surface area contributed by atoms with Crippen LogP contribution >= 0.6 is 15.9 Å². The highest BCUT2D eigenvalue weighted by Gasteiger charge is 2.04. The molecule has 1 aromatic carbocycles. The van der Waals surface area contributed by atoms with Crippen molar-refractivity contribution < 1.29 is 4.79 Å². The average molecular weight is 320 g/mol. The summed E-state index contributed by atoms with van der Waals surface area (Å²) in [7, 11) is 0. The van der Waals surface area contributed by atoms with Crippen LogP contribution in [-0.4, -0.2) is 10.9 Å². The van der Waals surface area contributed by atoms with Crippen molar-refractivity contribution in [2.45, 2.75) is 12.8 Å². The predicted molar refractivity (Wildman–Crippen MR) is 79.7 cm³/mol. The molecule has 3 N–H and O–H groups in total. The first-order valence-electron chi connectivity index (χ1n) is 5.89. The predicted octanol–water partition coefficient (Wildman–Crippen LogP) is 3.00. The second-order valence-corrected chi connectivity index (χ2v) is 5.07. The van der Waals surface area contributed by atoms with Crippen LogP contribution in [0.2, 0.25) is 0 Å². The molecule has 0 saturated heterocycles. The number of nitrogens with two attached hydrogens (primary N) is 1. The lowest BCUT2D eigenvalue weighted by atomic mass is 10.1. The number of nitrogens with one attached hydrogen (secondary N) is 1. The van der Waals surface area contributed by atoms with Crippen molar-refractivity contribution in [3.05, 3.63) is 52.6 Å². The Bertz CT molecular complexity index is 569. The summed E-state index contributed by atoms with van der Waals surface area (Å²) in [5.74, 6) is 0.498. The van der Waals surface area contributed by atoms with Gasteiger partial charge in [0.2, 0.25) is 5.91 Å². The van der Waals surface area contributed by atoms with Crippen LogP contribution in [0.3, 0.4) is 0 Å². The van der Waals surface area contributed by atoms with Crippen molar-refractivity contribution >= 4 is 33.3 Å². The van der Waals surface area contributed by atoms with E-state index in [0.717, 1.165) is 10.0 Å². The average Bonchev–Trinajstić information content (AvgIpc) is 2.39. The Morgan fingerprint density at radius 2 is 2.16 bits per heavy atom. The summed E-state index contributed by atoms with van der Waals surface area (Å²) >= 11 is 3.29. The maximum atomic E-state index is 11.8. The fourth-order valence-corrected chi connectivity index (χ4v) is 1.90. The zero-order chi connectivity index (χ0) is 13.7. The number of rotatable bonds is 4. The minimum Gasteiger partial charge on any atom is -0.399 e. The zero-order valence-corrected chi connectivity index (χ0v) is 11.9. The molecule has 2 aromatic rings. The number of amides is 1. The molecule has 1 amide bonds. The third-order valence-electron chi connectivity index (χ3n) is 2.59. The smallest absolute Gasteiger partial charge is 0.225 e. The first-order valence-corrected chi connectivity index (χ1v) is 6.68. The van der Waals surface area contributed by atoms with Gasteiger partial charge in [-0.1, -0.05) is 12.1 Å². The number of aromatic nitrogens is 1. The van der Waals surface area contributed by atoms with Crippen LogP contribution in [0, 0.1) is 0 Å². The summed E-state index contributed by atoms with van der Waals surface area (Å²) in [6, 6.07) is 11.1. The van der Waals surface area contributed by atoms with Gasteiger partial charge in [0, 0.05) is 22.8 Å². The van der Waals surface area contributed by atoms with Gasteiger partial charge in [0.15, 0.2) is 0 Å². The first kappa shape index (κ1) is 13.5. The molecule has 4 nitrogen and oxygen atoms in total. The van der Waals surface area contributed by atoms with E-state index in [9.17, 15) is 4.79 Å². The maximum absolute atomic E-state index is 11.8. The number of pyridine rings is 1. The third kappa shape index (κ3) is 4.37. The molecule has 19 heavy (non-hydrogen) atoms. The Hall–Kier alpha value is -1.88. The molecule has 1 aromatic heterocycles. The normalized spacial score (nSPS) is 10.2. The highest BCUT2D eigenvalue weighted by Crippen LogP contribution is 2.12. The monoisotopic (exact) mass is 319 g/mol. The fraction of sp³-hybridized carbons (Fsp3) is 0.143. The molecule has 2 rings (SSSR count). The summed E-state index contributed by atoms with van der Waals surface area (Å²) in [4.78, 5) is 15.9. The van der Waals surface area contributed by atoms with Crippen molar-refractivity contribution in [2.75, 3.05) is 11.1 Å². The molecule has 98 valence electrons. The first-order chi connectivity index (χ1) is 9.13. The van der Waals surface area contributed by atoms with Crippen molar-refractivity contribution in [1.82, 2.24) is 4.98 Å². The molecule has 5 heteroatoms. The van der Waals surface area contributed by atoms with E-state index < -0.39 is 0 Å². The standard InChI is InChI=1S/C14H14BrN3O/c15-11-5-6-13(17-9-11)18-14(19)7-4-10-2-1-3-12(16)8-10/h1-3,5-6,8-9H,4,7,16H2,(H,17,18,19). The highest BCUT2D eigenvalue weighted by atomic mass is 79.9.